The average molecular weight is 157 g/mol. The Morgan fingerprint density at radius 1 is 1.45 bits per heavy atom. The zero-order valence-corrected chi connectivity index (χ0v) is 7.05. The van der Waals surface area contributed by atoms with E-state index in [2.05, 4.69) is 5.32 Å². The van der Waals surface area contributed by atoms with Gasteiger partial charge in [0, 0.05) is 27.6 Å². The van der Waals surface area contributed by atoms with Crippen LogP contribution in [0.4, 0.5) is 0 Å². The smallest absolute Gasteiger partial charge is 0.226 e. The highest BCUT2D eigenvalue weighted by Gasteiger charge is 2.06. The van der Waals surface area contributed by atoms with E-state index in [0.29, 0.717) is 0 Å². The molecular formula is C7H13N2O2. The molecule has 0 spiro atoms. The molecule has 4 nitrogen and oxygen atoms in total. The fraction of sp³-hybridized carbons (Fsp3) is 0.571. The molecule has 2 amide bonds. The Hall–Kier alpha value is -1.06. The first kappa shape index (κ1) is 9.94. The van der Waals surface area contributed by atoms with Crippen molar-refractivity contribution in [3.8, 4) is 0 Å². The fourth-order valence-electron chi connectivity index (χ4n) is 0.465. The SMILES string of the molecule is CNC(=O)C[CH]C(=O)N(C)C. The van der Waals surface area contributed by atoms with E-state index in [0.717, 1.165) is 0 Å². The van der Waals surface area contributed by atoms with Crippen LogP contribution in [0, 0.1) is 6.42 Å². The van der Waals surface area contributed by atoms with E-state index in [4.69, 9.17) is 0 Å². The van der Waals surface area contributed by atoms with Crippen molar-refractivity contribution < 1.29 is 9.59 Å². The molecule has 0 aromatic carbocycles. The van der Waals surface area contributed by atoms with Gasteiger partial charge in [-0.05, 0) is 0 Å². The van der Waals surface area contributed by atoms with Gasteiger partial charge in [-0.15, -0.1) is 0 Å². The molecule has 0 aromatic heterocycles. The summed E-state index contributed by atoms with van der Waals surface area (Å²) >= 11 is 0. The molecule has 0 rings (SSSR count). The van der Waals surface area contributed by atoms with Crippen LogP contribution < -0.4 is 5.32 Å². The second-order valence-corrected chi connectivity index (χ2v) is 2.31. The summed E-state index contributed by atoms with van der Waals surface area (Å²) in [7, 11) is 4.82. The summed E-state index contributed by atoms with van der Waals surface area (Å²) in [5, 5.41) is 2.42. The third-order valence-corrected chi connectivity index (χ3v) is 1.18. The molecule has 0 aromatic rings. The summed E-state index contributed by atoms with van der Waals surface area (Å²) in [6.07, 6.45) is 1.49. The van der Waals surface area contributed by atoms with Crippen LogP contribution in [0.15, 0.2) is 0 Å². The number of nitrogens with zero attached hydrogens (tertiary/aromatic N) is 1. The summed E-state index contributed by atoms with van der Waals surface area (Å²) < 4.78 is 0. The molecule has 1 N–H and O–H groups in total. The highest BCUT2D eigenvalue weighted by Crippen LogP contribution is 1.90. The quantitative estimate of drug-likeness (QED) is 0.595. The number of hydrogen-bond acceptors (Lipinski definition) is 2. The molecule has 0 unspecified atom stereocenters. The Morgan fingerprint density at radius 3 is 2.36 bits per heavy atom. The van der Waals surface area contributed by atoms with Crippen molar-refractivity contribution in [2.75, 3.05) is 21.1 Å². The van der Waals surface area contributed by atoms with E-state index in [1.807, 2.05) is 0 Å². The molecule has 0 bridgehead atoms. The maximum Gasteiger partial charge on any atom is 0.226 e. The van der Waals surface area contributed by atoms with Gasteiger partial charge in [0.05, 0.1) is 6.42 Å². The van der Waals surface area contributed by atoms with Gasteiger partial charge in [0.1, 0.15) is 0 Å². The molecule has 0 aliphatic heterocycles. The number of carbonyl (C=O) groups excluding carboxylic acids is 2. The molecule has 0 heterocycles. The molecule has 0 atom stereocenters. The highest BCUT2D eigenvalue weighted by molar-refractivity contribution is 5.90. The number of amides is 2. The van der Waals surface area contributed by atoms with E-state index in [1.54, 1.807) is 14.1 Å². The molecule has 0 saturated carbocycles. The van der Waals surface area contributed by atoms with Gasteiger partial charge in [0.15, 0.2) is 0 Å². The monoisotopic (exact) mass is 157 g/mol. The van der Waals surface area contributed by atoms with E-state index in [1.165, 1.54) is 18.4 Å². The van der Waals surface area contributed by atoms with Gasteiger partial charge in [0.2, 0.25) is 11.8 Å². The first-order chi connectivity index (χ1) is 5.07. The highest BCUT2D eigenvalue weighted by atomic mass is 16.2. The van der Waals surface area contributed by atoms with E-state index >= 15 is 0 Å². The summed E-state index contributed by atoms with van der Waals surface area (Å²) in [4.78, 5) is 22.9. The number of carbonyl (C=O) groups is 2. The Balaban J connectivity index is 3.54. The van der Waals surface area contributed by atoms with Crippen molar-refractivity contribution >= 4 is 11.8 Å². The first-order valence-electron chi connectivity index (χ1n) is 3.33. The van der Waals surface area contributed by atoms with Crippen molar-refractivity contribution in [2.24, 2.45) is 0 Å². The predicted octanol–water partition coefficient (Wildman–Crippen LogP) is -0.585. The lowest BCUT2D eigenvalue weighted by Crippen LogP contribution is -2.25. The van der Waals surface area contributed by atoms with Crippen LogP contribution in [-0.2, 0) is 9.59 Å². The maximum atomic E-state index is 10.9. The summed E-state index contributed by atoms with van der Waals surface area (Å²) in [5.74, 6) is -0.297. The molecule has 11 heavy (non-hydrogen) atoms. The fourth-order valence-corrected chi connectivity index (χ4v) is 0.465. The maximum absolute atomic E-state index is 10.9. The van der Waals surface area contributed by atoms with Crippen molar-refractivity contribution in [3.05, 3.63) is 6.42 Å². The Bertz CT molecular complexity index is 155. The van der Waals surface area contributed by atoms with E-state index < -0.39 is 0 Å². The normalized spacial score (nSPS) is 9.00. The van der Waals surface area contributed by atoms with E-state index in [-0.39, 0.29) is 18.2 Å². The molecular weight excluding hydrogens is 144 g/mol. The second-order valence-electron chi connectivity index (χ2n) is 2.31. The molecule has 63 valence electrons. The van der Waals surface area contributed by atoms with Crippen LogP contribution >= 0.6 is 0 Å². The van der Waals surface area contributed by atoms with Gasteiger partial charge >= 0.3 is 0 Å². The van der Waals surface area contributed by atoms with Gasteiger partial charge in [-0.1, -0.05) is 0 Å². The Kier molecular flexibility index (Phi) is 4.26. The van der Waals surface area contributed by atoms with Gasteiger partial charge in [-0.3, -0.25) is 9.59 Å². The lowest BCUT2D eigenvalue weighted by atomic mass is 10.3. The minimum atomic E-state index is -0.153. The van der Waals surface area contributed by atoms with Crippen LogP contribution in [0.5, 0.6) is 0 Å². The lowest BCUT2D eigenvalue weighted by molar-refractivity contribution is -0.127. The summed E-state index contributed by atoms with van der Waals surface area (Å²) in [6.45, 7) is 0. The third kappa shape index (κ3) is 4.36. The Morgan fingerprint density at radius 2 is 2.00 bits per heavy atom. The van der Waals surface area contributed by atoms with Crippen molar-refractivity contribution in [1.82, 2.24) is 10.2 Å². The van der Waals surface area contributed by atoms with Gasteiger partial charge in [0.25, 0.3) is 0 Å². The van der Waals surface area contributed by atoms with Crippen molar-refractivity contribution in [1.29, 1.82) is 0 Å². The van der Waals surface area contributed by atoms with Gasteiger partial charge in [-0.2, -0.15) is 0 Å². The molecule has 0 saturated heterocycles. The van der Waals surface area contributed by atoms with Crippen LogP contribution in [0.25, 0.3) is 0 Å². The Labute approximate surface area is 66.6 Å². The van der Waals surface area contributed by atoms with Gasteiger partial charge in [-0.25, -0.2) is 0 Å². The molecule has 0 fully saturated rings. The van der Waals surface area contributed by atoms with Crippen LogP contribution in [0.1, 0.15) is 6.42 Å². The minimum Gasteiger partial charge on any atom is -0.359 e. The standard InChI is InChI=1S/C7H13N2O2/c1-8-6(10)4-5-7(11)9(2)3/h5H,4H2,1-3H3,(H,8,10). The summed E-state index contributed by atoms with van der Waals surface area (Å²) in [5.41, 5.74) is 0. The minimum absolute atomic E-state index is 0.145. The topological polar surface area (TPSA) is 49.4 Å². The largest absolute Gasteiger partial charge is 0.359 e. The zero-order valence-electron chi connectivity index (χ0n) is 7.05. The predicted molar refractivity (Wildman–Crippen MR) is 41.7 cm³/mol. The number of hydrogen-bond donors (Lipinski definition) is 1. The van der Waals surface area contributed by atoms with E-state index in [9.17, 15) is 9.59 Å². The number of rotatable bonds is 3. The van der Waals surface area contributed by atoms with Crippen molar-refractivity contribution in [2.45, 2.75) is 6.42 Å². The first-order valence-corrected chi connectivity index (χ1v) is 3.33. The third-order valence-electron chi connectivity index (χ3n) is 1.18. The average Bonchev–Trinajstić information content (AvgIpc) is 1.99. The summed E-state index contributed by atoms with van der Waals surface area (Å²) in [6, 6.07) is 0. The van der Waals surface area contributed by atoms with Gasteiger partial charge < -0.3 is 10.2 Å². The molecule has 1 radical (unpaired) electrons. The molecule has 0 aliphatic carbocycles. The number of nitrogens with one attached hydrogen (secondary N) is 1. The molecule has 4 heteroatoms. The van der Waals surface area contributed by atoms with Crippen molar-refractivity contribution in [3.63, 3.8) is 0 Å². The van der Waals surface area contributed by atoms with Crippen LogP contribution in [0.2, 0.25) is 0 Å². The molecule has 0 aliphatic rings. The van der Waals surface area contributed by atoms with Crippen LogP contribution in [-0.4, -0.2) is 37.9 Å². The second kappa shape index (κ2) is 4.71. The van der Waals surface area contributed by atoms with Crippen LogP contribution in [0.3, 0.4) is 0 Å². The lowest BCUT2D eigenvalue weighted by Gasteiger charge is -2.08. The zero-order chi connectivity index (χ0) is 8.85.